The number of carbonyl (C=O) groups excluding carboxylic acids is 1. The monoisotopic (exact) mass is 363 g/mol. The summed E-state index contributed by atoms with van der Waals surface area (Å²) in [4.78, 5) is 15.4. The highest BCUT2D eigenvalue weighted by Crippen LogP contribution is 2.26. The highest BCUT2D eigenvalue weighted by atomic mass is 16.4. The summed E-state index contributed by atoms with van der Waals surface area (Å²) < 4.78 is 5.76. The highest BCUT2D eigenvalue weighted by Gasteiger charge is 2.10. The molecule has 1 heterocycles. The van der Waals surface area contributed by atoms with E-state index in [0.29, 0.717) is 23.0 Å². The number of rotatable bonds is 6. The lowest BCUT2D eigenvalue weighted by molar-refractivity contribution is -0.119. The minimum Gasteiger partial charge on any atom is -0.423 e. The van der Waals surface area contributed by atoms with Crippen LogP contribution >= 0.6 is 0 Å². The largest absolute Gasteiger partial charge is 0.423 e. The lowest BCUT2D eigenvalue weighted by atomic mass is 10.1. The van der Waals surface area contributed by atoms with Crippen LogP contribution in [0.25, 0.3) is 11.3 Å². The molecule has 2 aromatic carbocycles. The third-order valence-electron chi connectivity index (χ3n) is 4.11. The maximum atomic E-state index is 11.2. The zero-order valence-electron chi connectivity index (χ0n) is 15.1. The van der Waals surface area contributed by atoms with Crippen molar-refractivity contribution in [3.63, 3.8) is 0 Å². The quantitative estimate of drug-likeness (QED) is 0.392. The summed E-state index contributed by atoms with van der Waals surface area (Å²) in [5, 5.41) is 13.3. The van der Waals surface area contributed by atoms with E-state index >= 15 is 0 Å². The maximum Gasteiger partial charge on any atom is 0.299 e. The fourth-order valence-electron chi connectivity index (χ4n) is 2.69. The predicted octanol–water partition coefficient (Wildman–Crippen LogP) is 3.86. The van der Waals surface area contributed by atoms with Crippen LogP contribution in [-0.4, -0.2) is 17.1 Å². The maximum absolute atomic E-state index is 11.2. The van der Waals surface area contributed by atoms with Crippen LogP contribution in [0, 0.1) is 5.41 Å². The van der Waals surface area contributed by atoms with Gasteiger partial charge in [-0.3, -0.25) is 4.79 Å². The van der Waals surface area contributed by atoms with E-state index in [1.807, 2.05) is 31.2 Å². The number of hydrogen-bond donors (Lipinski definition) is 4. The molecule has 27 heavy (non-hydrogen) atoms. The van der Waals surface area contributed by atoms with Gasteiger partial charge < -0.3 is 26.2 Å². The van der Waals surface area contributed by atoms with E-state index in [-0.39, 0.29) is 11.9 Å². The first-order chi connectivity index (χ1) is 13.0. The Bertz CT molecular complexity index is 963. The zero-order valence-corrected chi connectivity index (χ0v) is 15.1. The number of benzene rings is 2. The first kappa shape index (κ1) is 18.2. The van der Waals surface area contributed by atoms with Crippen molar-refractivity contribution in [3.8, 4) is 11.3 Å². The van der Waals surface area contributed by atoms with E-state index in [1.165, 1.54) is 13.1 Å². The summed E-state index contributed by atoms with van der Waals surface area (Å²) in [5.74, 6) is 0.560. The number of nitrogen functional groups attached to an aromatic ring is 1. The number of nitrogens with zero attached hydrogens (tertiary/aromatic N) is 1. The highest BCUT2D eigenvalue weighted by molar-refractivity contribution is 5.87. The molecule has 0 bridgehead atoms. The van der Waals surface area contributed by atoms with Gasteiger partial charge in [0.05, 0.1) is 12.2 Å². The van der Waals surface area contributed by atoms with Crippen LogP contribution in [0.5, 0.6) is 0 Å². The van der Waals surface area contributed by atoms with E-state index in [0.717, 1.165) is 16.8 Å². The van der Waals surface area contributed by atoms with Crippen molar-refractivity contribution in [1.82, 2.24) is 10.3 Å². The molecule has 0 aliphatic carbocycles. The van der Waals surface area contributed by atoms with Crippen LogP contribution in [0.1, 0.15) is 31.0 Å². The fraction of sp³-hybridized carbons (Fsp3) is 0.150. The molecular weight excluding hydrogens is 342 g/mol. The lowest BCUT2D eigenvalue weighted by Crippen LogP contribution is -2.23. The number of hydrogen-bond acceptors (Lipinski definition) is 6. The molecule has 1 amide bonds. The van der Waals surface area contributed by atoms with Gasteiger partial charge in [-0.25, -0.2) is 4.98 Å². The molecular formula is C20H21N5O2. The van der Waals surface area contributed by atoms with Crippen molar-refractivity contribution in [2.45, 2.75) is 19.9 Å². The predicted molar refractivity (Wildman–Crippen MR) is 106 cm³/mol. The summed E-state index contributed by atoms with van der Waals surface area (Å²) in [6.45, 7) is 3.43. The summed E-state index contributed by atoms with van der Waals surface area (Å²) >= 11 is 0. The molecule has 0 aliphatic heterocycles. The van der Waals surface area contributed by atoms with Gasteiger partial charge in [-0.15, -0.1) is 0 Å². The van der Waals surface area contributed by atoms with Gasteiger partial charge in [-0.2, -0.15) is 0 Å². The Balaban J connectivity index is 1.74. The molecule has 1 aromatic heterocycles. The van der Waals surface area contributed by atoms with Gasteiger partial charge in [0.25, 0.3) is 6.01 Å². The number of amides is 1. The molecule has 5 N–H and O–H groups in total. The minimum atomic E-state index is -0.0635. The number of anilines is 3. The zero-order chi connectivity index (χ0) is 19.4. The van der Waals surface area contributed by atoms with Gasteiger partial charge in [0.2, 0.25) is 5.91 Å². The Labute approximate surface area is 157 Å². The first-order valence-corrected chi connectivity index (χ1v) is 8.46. The average molecular weight is 363 g/mol. The van der Waals surface area contributed by atoms with Crippen LogP contribution in [0.15, 0.2) is 53.1 Å². The summed E-state index contributed by atoms with van der Waals surface area (Å²) in [7, 11) is 0. The van der Waals surface area contributed by atoms with E-state index in [4.69, 9.17) is 15.6 Å². The molecule has 0 fully saturated rings. The number of nitrogens with two attached hydrogens (primary N) is 1. The topological polar surface area (TPSA) is 117 Å². The lowest BCUT2D eigenvalue weighted by Gasteiger charge is -2.12. The summed E-state index contributed by atoms with van der Waals surface area (Å²) in [5.41, 5.74) is 9.57. The van der Waals surface area contributed by atoms with Crippen molar-refractivity contribution in [3.05, 3.63) is 59.8 Å². The molecule has 3 rings (SSSR count). The molecule has 7 nitrogen and oxygen atoms in total. The van der Waals surface area contributed by atoms with Gasteiger partial charge >= 0.3 is 0 Å². The Morgan fingerprint density at radius 3 is 2.67 bits per heavy atom. The third kappa shape index (κ3) is 4.33. The van der Waals surface area contributed by atoms with E-state index in [9.17, 15) is 4.79 Å². The SMILES string of the molecule is CC(=O)N[C@@H](C)c1ccc(-c2cnc(Nc3ccc(N)c(C=N)c3)o2)cc1. The normalized spacial score (nSPS) is 11.6. The second kappa shape index (κ2) is 7.74. The van der Waals surface area contributed by atoms with Crippen molar-refractivity contribution in [1.29, 1.82) is 5.41 Å². The van der Waals surface area contributed by atoms with Crippen LogP contribution in [0.3, 0.4) is 0 Å². The van der Waals surface area contributed by atoms with Gasteiger partial charge in [0.15, 0.2) is 5.76 Å². The van der Waals surface area contributed by atoms with Gasteiger partial charge in [0.1, 0.15) is 0 Å². The second-order valence-corrected chi connectivity index (χ2v) is 6.19. The molecule has 138 valence electrons. The number of oxazole rings is 1. The molecule has 0 aliphatic rings. The van der Waals surface area contributed by atoms with Gasteiger partial charge in [-0.1, -0.05) is 24.3 Å². The van der Waals surface area contributed by atoms with Crippen molar-refractivity contribution in [2.75, 3.05) is 11.1 Å². The smallest absolute Gasteiger partial charge is 0.299 e. The Hall–Kier alpha value is -3.61. The Morgan fingerprint density at radius 2 is 2.00 bits per heavy atom. The Kier molecular flexibility index (Phi) is 5.21. The van der Waals surface area contributed by atoms with Crippen LogP contribution in [0.4, 0.5) is 17.4 Å². The third-order valence-corrected chi connectivity index (χ3v) is 4.11. The molecule has 0 spiro atoms. The number of nitrogens with one attached hydrogen (secondary N) is 3. The minimum absolute atomic E-state index is 0.0583. The molecule has 0 unspecified atom stereocenters. The van der Waals surface area contributed by atoms with Crippen LogP contribution < -0.4 is 16.4 Å². The molecule has 7 heteroatoms. The second-order valence-electron chi connectivity index (χ2n) is 6.19. The van der Waals surface area contributed by atoms with Crippen LogP contribution in [-0.2, 0) is 4.79 Å². The molecule has 0 saturated carbocycles. The Morgan fingerprint density at radius 1 is 1.26 bits per heavy atom. The average Bonchev–Trinajstić information content (AvgIpc) is 3.11. The summed E-state index contributed by atoms with van der Waals surface area (Å²) in [6.07, 6.45) is 2.84. The van der Waals surface area contributed by atoms with Crippen LogP contribution in [0.2, 0.25) is 0 Å². The first-order valence-electron chi connectivity index (χ1n) is 8.46. The molecule has 0 saturated heterocycles. The van der Waals surface area contributed by atoms with Gasteiger partial charge in [-0.05, 0) is 30.7 Å². The number of carbonyl (C=O) groups is 1. The van der Waals surface area contributed by atoms with Gasteiger partial charge in [0, 0.05) is 35.6 Å². The standard InChI is InChI=1S/C20H21N5O2/c1-12(24-13(2)26)14-3-5-15(6-4-14)19-11-23-20(27-19)25-17-7-8-18(22)16(9-17)10-21/h3-12,21H,22H2,1-2H3,(H,23,25)(H,24,26)/t12-/m0/s1. The fourth-order valence-corrected chi connectivity index (χ4v) is 2.69. The molecule has 3 aromatic rings. The van der Waals surface area contributed by atoms with E-state index < -0.39 is 0 Å². The van der Waals surface area contributed by atoms with Crippen molar-refractivity contribution in [2.24, 2.45) is 0 Å². The molecule has 0 radical (unpaired) electrons. The number of aromatic nitrogens is 1. The van der Waals surface area contributed by atoms with E-state index in [2.05, 4.69) is 15.6 Å². The molecule has 1 atom stereocenters. The van der Waals surface area contributed by atoms with Crippen molar-refractivity contribution >= 4 is 29.5 Å². The summed E-state index contributed by atoms with van der Waals surface area (Å²) in [6, 6.07) is 13.3. The van der Waals surface area contributed by atoms with Crippen molar-refractivity contribution < 1.29 is 9.21 Å². The van der Waals surface area contributed by atoms with E-state index in [1.54, 1.807) is 24.4 Å².